The summed E-state index contributed by atoms with van der Waals surface area (Å²) in [7, 11) is -2.53. The van der Waals surface area contributed by atoms with Crippen molar-refractivity contribution in [2.24, 2.45) is 0 Å². The lowest BCUT2D eigenvalue weighted by molar-refractivity contribution is 0.372. The quantitative estimate of drug-likeness (QED) is 0.618. The van der Waals surface area contributed by atoms with Crippen molar-refractivity contribution < 1.29 is 17.5 Å². The number of anilines is 3. The van der Waals surface area contributed by atoms with Crippen molar-refractivity contribution in [1.82, 2.24) is 19.5 Å². The molecule has 1 aliphatic heterocycles. The lowest BCUT2D eigenvalue weighted by Gasteiger charge is -2.34. The van der Waals surface area contributed by atoms with Gasteiger partial charge in [-0.1, -0.05) is 0 Å². The van der Waals surface area contributed by atoms with E-state index in [0.29, 0.717) is 24.7 Å². The fourth-order valence-electron chi connectivity index (χ4n) is 3.29. The van der Waals surface area contributed by atoms with Crippen LogP contribution in [0.25, 0.3) is 0 Å². The first kappa shape index (κ1) is 20.9. The minimum atomic E-state index is -3.88. The summed E-state index contributed by atoms with van der Waals surface area (Å²) in [5.41, 5.74) is 0.802. The molecule has 3 aromatic rings. The van der Waals surface area contributed by atoms with Gasteiger partial charge in [0.2, 0.25) is 10.0 Å². The van der Waals surface area contributed by atoms with Crippen LogP contribution >= 0.6 is 0 Å². The summed E-state index contributed by atoms with van der Waals surface area (Å²) >= 11 is 0. The van der Waals surface area contributed by atoms with Gasteiger partial charge in [0.15, 0.2) is 11.6 Å². The number of hydrogen-bond donors (Lipinski definition) is 1. The van der Waals surface area contributed by atoms with Gasteiger partial charge in [-0.05, 0) is 42.5 Å². The van der Waals surface area contributed by atoms with Gasteiger partial charge in [0.05, 0.1) is 19.0 Å². The standard InChI is InChI=1S/C20H21FN6O3S/c1-30-17-5-4-15(21)13-18(17)31(28,29)27-11-9-26(10-12-27)20-7-6-19(24-25-20)23-16-3-2-8-22-14-16/h2-8,13-14H,9-12H2,1H3,(H,23,24). The van der Waals surface area contributed by atoms with Crippen LogP contribution in [0, 0.1) is 5.82 Å². The second kappa shape index (κ2) is 8.82. The van der Waals surface area contributed by atoms with Crippen molar-refractivity contribution in [2.75, 3.05) is 43.5 Å². The van der Waals surface area contributed by atoms with Gasteiger partial charge < -0.3 is 15.0 Å². The Labute approximate surface area is 179 Å². The molecule has 162 valence electrons. The van der Waals surface area contributed by atoms with Crippen LogP contribution in [0.15, 0.2) is 59.8 Å². The van der Waals surface area contributed by atoms with Crippen molar-refractivity contribution in [3.63, 3.8) is 0 Å². The van der Waals surface area contributed by atoms with E-state index in [4.69, 9.17) is 4.74 Å². The van der Waals surface area contributed by atoms with E-state index >= 15 is 0 Å². The molecule has 1 aromatic carbocycles. The summed E-state index contributed by atoms with van der Waals surface area (Å²) in [5.74, 6) is 0.716. The van der Waals surface area contributed by atoms with Gasteiger partial charge in [-0.25, -0.2) is 12.8 Å². The smallest absolute Gasteiger partial charge is 0.246 e. The lowest BCUT2D eigenvalue weighted by Crippen LogP contribution is -2.49. The molecule has 0 radical (unpaired) electrons. The van der Waals surface area contributed by atoms with Crippen molar-refractivity contribution >= 4 is 27.3 Å². The largest absolute Gasteiger partial charge is 0.495 e. The Morgan fingerprint density at radius 2 is 1.87 bits per heavy atom. The number of rotatable bonds is 6. The van der Waals surface area contributed by atoms with E-state index in [9.17, 15) is 12.8 Å². The van der Waals surface area contributed by atoms with E-state index in [1.165, 1.54) is 23.5 Å². The van der Waals surface area contributed by atoms with E-state index in [-0.39, 0.29) is 23.7 Å². The van der Waals surface area contributed by atoms with Crippen LogP contribution < -0.4 is 15.0 Å². The third-order valence-electron chi connectivity index (χ3n) is 4.89. The molecule has 0 saturated carbocycles. The third-order valence-corrected chi connectivity index (χ3v) is 6.81. The number of sulfonamides is 1. The highest BCUT2D eigenvalue weighted by atomic mass is 32.2. The number of piperazine rings is 1. The number of nitrogens with zero attached hydrogens (tertiary/aromatic N) is 5. The molecule has 1 fully saturated rings. The molecule has 1 N–H and O–H groups in total. The maximum atomic E-state index is 13.7. The van der Waals surface area contributed by atoms with Gasteiger partial charge in [-0.3, -0.25) is 4.98 Å². The van der Waals surface area contributed by atoms with Crippen LogP contribution in [0.4, 0.5) is 21.7 Å². The third kappa shape index (κ3) is 4.57. The van der Waals surface area contributed by atoms with Crippen LogP contribution in [-0.2, 0) is 10.0 Å². The first-order chi connectivity index (χ1) is 15.0. The second-order valence-corrected chi connectivity index (χ2v) is 8.74. The number of hydrogen-bond acceptors (Lipinski definition) is 8. The molecule has 3 heterocycles. The van der Waals surface area contributed by atoms with Gasteiger partial charge in [-0.2, -0.15) is 4.31 Å². The maximum Gasteiger partial charge on any atom is 0.246 e. The van der Waals surface area contributed by atoms with E-state index in [1.54, 1.807) is 18.5 Å². The summed E-state index contributed by atoms with van der Waals surface area (Å²) < 4.78 is 46.1. The highest BCUT2D eigenvalue weighted by molar-refractivity contribution is 7.89. The van der Waals surface area contributed by atoms with Gasteiger partial charge in [0.25, 0.3) is 0 Å². The van der Waals surface area contributed by atoms with Gasteiger partial charge >= 0.3 is 0 Å². The zero-order valence-electron chi connectivity index (χ0n) is 16.8. The monoisotopic (exact) mass is 444 g/mol. The molecule has 0 amide bonds. The van der Waals surface area contributed by atoms with Gasteiger partial charge in [-0.15, -0.1) is 10.2 Å². The molecule has 0 spiro atoms. The van der Waals surface area contributed by atoms with Crippen LogP contribution in [-0.4, -0.2) is 61.2 Å². The predicted octanol–water partition coefficient (Wildman–Crippen LogP) is 2.27. The molecular formula is C20H21FN6O3S. The first-order valence-corrected chi connectivity index (χ1v) is 11.0. The van der Waals surface area contributed by atoms with E-state index in [2.05, 4.69) is 20.5 Å². The Balaban J connectivity index is 1.42. The number of halogens is 1. The molecule has 0 bridgehead atoms. The number of methoxy groups -OCH3 is 1. The van der Waals surface area contributed by atoms with Crippen LogP contribution in [0.5, 0.6) is 5.75 Å². The fraction of sp³-hybridized carbons (Fsp3) is 0.250. The normalized spacial score (nSPS) is 15.0. The maximum absolute atomic E-state index is 13.7. The van der Waals surface area contributed by atoms with Crippen molar-refractivity contribution in [3.8, 4) is 5.75 Å². The summed E-state index contributed by atoms with van der Waals surface area (Å²) in [6, 6.07) is 10.8. The number of nitrogens with one attached hydrogen (secondary N) is 1. The molecule has 11 heteroatoms. The van der Waals surface area contributed by atoms with Crippen LogP contribution in [0.2, 0.25) is 0 Å². The minimum Gasteiger partial charge on any atom is -0.495 e. The van der Waals surface area contributed by atoms with Gasteiger partial charge in [0.1, 0.15) is 16.5 Å². The van der Waals surface area contributed by atoms with Crippen molar-refractivity contribution in [1.29, 1.82) is 0 Å². The SMILES string of the molecule is COc1ccc(F)cc1S(=O)(=O)N1CCN(c2ccc(Nc3cccnc3)nn2)CC1. The molecule has 2 aromatic heterocycles. The van der Waals surface area contributed by atoms with E-state index in [1.807, 2.05) is 23.1 Å². The lowest BCUT2D eigenvalue weighted by atomic mass is 10.3. The summed E-state index contributed by atoms with van der Waals surface area (Å²) in [5, 5.41) is 11.5. The Bertz CT molecular complexity index is 1140. The zero-order chi connectivity index (χ0) is 21.8. The van der Waals surface area contributed by atoms with E-state index in [0.717, 1.165) is 11.8 Å². The van der Waals surface area contributed by atoms with Crippen molar-refractivity contribution in [2.45, 2.75) is 4.90 Å². The fourth-order valence-corrected chi connectivity index (χ4v) is 4.88. The average Bonchev–Trinajstić information content (AvgIpc) is 2.80. The number of benzene rings is 1. The Kier molecular flexibility index (Phi) is 5.96. The van der Waals surface area contributed by atoms with Crippen molar-refractivity contribution in [3.05, 3.63) is 60.7 Å². The zero-order valence-corrected chi connectivity index (χ0v) is 17.6. The summed E-state index contributed by atoms with van der Waals surface area (Å²) in [6.07, 6.45) is 3.37. The summed E-state index contributed by atoms with van der Waals surface area (Å²) in [4.78, 5) is 5.82. The number of pyridine rings is 1. The Morgan fingerprint density at radius 3 is 2.52 bits per heavy atom. The molecule has 9 nitrogen and oxygen atoms in total. The molecule has 0 unspecified atom stereocenters. The minimum absolute atomic E-state index is 0.117. The Hall–Kier alpha value is -3.31. The Morgan fingerprint density at radius 1 is 1.06 bits per heavy atom. The molecule has 1 saturated heterocycles. The second-order valence-electron chi connectivity index (χ2n) is 6.83. The molecule has 0 atom stereocenters. The number of ether oxygens (including phenoxy) is 1. The average molecular weight is 444 g/mol. The van der Waals surface area contributed by atoms with E-state index < -0.39 is 15.8 Å². The van der Waals surface area contributed by atoms with Crippen LogP contribution in [0.1, 0.15) is 0 Å². The highest BCUT2D eigenvalue weighted by Crippen LogP contribution is 2.28. The molecular weight excluding hydrogens is 423 g/mol. The molecule has 4 rings (SSSR count). The van der Waals surface area contributed by atoms with Crippen LogP contribution in [0.3, 0.4) is 0 Å². The molecule has 0 aliphatic carbocycles. The molecule has 31 heavy (non-hydrogen) atoms. The molecule has 1 aliphatic rings. The highest BCUT2D eigenvalue weighted by Gasteiger charge is 2.31. The van der Waals surface area contributed by atoms with Gasteiger partial charge in [0, 0.05) is 32.4 Å². The topological polar surface area (TPSA) is 101 Å². The summed E-state index contributed by atoms with van der Waals surface area (Å²) in [6.45, 7) is 1.33. The first-order valence-electron chi connectivity index (χ1n) is 9.57. The number of aromatic nitrogens is 3. The predicted molar refractivity (Wildman–Crippen MR) is 113 cm³/mol.